The van der Waals surface area contributed by atoms with Gasteiger partial charge >= 0.3 is 0 Å². The summed E-state index contributed by atoms with van der Waals surface area (Å²) >= 11 is 24.7. The number of benzene rings is 2. The molecule has 1 unspecified atom stereocenters. The lowest BCUT2D eigenvalue weighted by Gasteiger charge is -2.29. The lowest BCUT2D eigenvalue weighted by molar-refractivity contribution is -0.140. The standard InChI is InChI=1S/C21H22Cl4N2O2/c1-3-9-26-21(29)13(2)27(12-14-7-8-15(22)10-19(14)25)20(28)11-16-17(23)5-4-6-18(16)24/h4-8,10,13H,3,9,11-12H2,1-2H3,(H,26,29). The number of halogens is 4. The quantitative estimate of drug-likeness (QED) is 0.525. The van der Waals surface area contributed by atoms with Crippen LogP contribution in [0.3, 0.4) is 0 Å². The molecule has 0 heterocycles. The summed E-state index contributed by atoms with van der Waals surface area (Å²) in [4.78, 5) is 27.2. The van der Waals surface area contributed by atoms with Crippen LogP contribution in [0.5, 0.6) is 0 Å². The Morgan fingerprint density at radius 3 is 2.28 bits per heavy atom. The summed E-state index contributed by atoms with van der Waals surface area (Å²) in [5.74, 6) is -0.527. The van der Waals surface area contributed by atoms with E-state index in [1.807, 2.05) is 6.92 Å². The van der Waals surface area contributed by atoms with Crippen LogP contribution in [0, 0.1) is 0 Å². The largest absolute Gasteiger partial charge is 0.354 e. The first-order chi connectivity index (χ1) is 13.7. The van der Waals surface area contributed by atoms with E-state index in [1.165, 1.54) is 4.90 Å². The van der Waals surface area contributed by atoms with Gasteiger partial charge in [-0.15, -0.1) is 0 Å². The van der Waals surface area contributed by atoms with Crippen LogP contribution in [-0.4, -0.2) is 29.3 Å². The minimum atomic E-state index is -0.706. The number of carbonyl (C=O) groups is 2. The van der Waals surface area contributed by atoms with Crippen LogP contribution < -0.4 is 5.32 Å². The Morgan fingerprint density at radius 2 is 1.69 bits per heavy atom. The van der Waals surface area contributed by atoms with Crippen molar-refractivity contribution in [3.63, 3.8) is 0 Å². The van der Waals surface area contributed by atoms with Gasteiger partial charge in [0.2, 0.25) is 11.8 Å². The normalized spacial score (nSPS) is 11.8. The fraction of sp³-hybridized carbons (Fsp3) is 0.333. The van der Waals surface area contributed by atoms with Gasteiger partial charge in [0.25, 0.3) is 0 Å². The Labute approximate surface area is 191 Å². The predicted molar refractivity (Wildman–Crippen MR) is 120 cm³/mol. The number of nitrogens with zero attached hydrogens (tertiary/aromatic N) is 1. The van der Waals surface area contributed by atoms with Gasteiger partial charge in [-0.25, -0.2) is 0 Å². The fourth-order valence-electron chi connectivity index (χ4n) is 2.77. The molecule has 0 bridgehead atoms. The predicted octanol–water partition coefficient (Wildman–Crippen LogP) is 5.79. The molecule has 156 valence electrons. The molecule has 4 nitrogen and oxygen atoms in total. The van der Waals surface area contributed by atoms with E-state index in [0.29, 0.717) is 37.8 Å². The van der Waals surface area contributed by atoms with Crippen LogP contribution >= 0.6 is 46.4 Å². The van der Waals surface area contributed by atoms with Crippen LogP contribution in [-0.2, 0) is 22.6 Å². The van der Waals surface area contributed by atoms with Crippen LogP contribution in [0.4, 0.5) is 0 Å². The van der Waals surface area contributed by atoms with Crippen molar-refractivity contribution in [2.45, 2.75) is 39.3 Å². The highest BCUT2D eigenvalue weighted by Gasteiger charge is 2.27. The SMILES string of the molecule is CCCNC(=O)C(C)N(Cc1ccc(Cl)cc1Cl)C(=O)Cc1c(Cl)cccc1Cl. The van der Waals surface area contributed by atoms with E-state index in [2.05, 4.69) is 5.32 Å². The second-order valence-corrected chi connectivity index (χ2v) is 8.26. The van der Waals surface area contributed by atoms with Gasteiger partial charge in [0, 0.05) is 33.2 Å². The van der Waals surface area contributed by atoms with Crippen molar-refractivity contribution in [2.24, 2.45) is 0 Å². The third-order valence-corrected chi connectivity index (χ3v) is 5.76. The molecule has 0 radical (unpaired) electrons. The zero-order valence-electron chi connectivity index (χ0n) is 16.1. The summed E-state index contributed by atoms with van der Waals surface area (Å²) in [5, 5.41) is 4.54. The van der Waals surface area contributed by atoms with Crippen molar-refractivity contribution in [3.05, 3.63) is 67.6 Å². The maximum atomic E-state index is 13.2. The summed E-state index contributed by atoms with van der Waals surface area (Å²) < 4.78 is 0. The Bertz CT molecular complexity index is 869. The molecule has 1 N–H and O–H groups in total. The highest BCUT2D eigenvalue weighted by atomic mass is 35.5. The van der Waals surface area contributed by atoms with E-state index >= 15 is 0 Å². The number of amides is 2. The van der Waals surface area contributed by atoms with Crippen molar-refractivity contribution in [3.8, 4) is 0 Å². The topological polar surface area (TPSA) is 49.4 Å². The monoisotopic (exact) mass is 474 g/mol. The summed E-state index contributed by atoms with van der Waals surface area (Å²) in [7, 11) is 0. The molecule has 0 saturated heterocycles. The number of rotatable bonds is 8. The van der Waals surface area contributed by atoms with Gasteiger partial charge in [-0.3, -0.25) is 9.59 Å². The first-order valence-corrected chi connectivity index (χ1v) is 10.7. The highest BCUT2D eigenvalue weighted by molar-refractivity contribution is 6.36. The molecular weight excluding hydrogens is 454 g/mol. The van der Waals surface area contributed by atoms with Gasteiger partial charge in [-0.1, -0.05) is 65.5 Å². The second-order valence-electron chi connectivity index (χ2n) is 6.60. The molecule has 0 aliphatic carbocycles. The maximum Gasteiger partial charge on any atom is 0.242 e. The maximum absolute atomic E-state index is 13.2. The van der Waals surface area contributed by atoms with Gasteiger partial charge in [0.15, 0.2) is 0 Å². The van der Waals surface area contributed by atoms with Crippen LogP contribution in [0.1, 0.15) is 31.4 Å². The van der Waals surface area contributed by atoms with Gasteiger partial charge < -0.3 is 10.2 Å². The van der Waals surface area contributed by atoms with Crippen LogP contribution in [0.25, 0.3) is 0 Å². The molecule has 0 saturated carbocycles. The Kier molecular flexibility index (Phi) is 9.09. The van der Waals surface area contributed by atoms with E-state index in [1.54, 1.807) is 43.3 Å². The molecule has 0 fully saturated rings. The van der Waals surface area contributed by atoms with Crippen LogP contribution in [0.15, 0.2) is 36.4 Å². The second kappa shape index (κ2) is 11.1. The van der Waals surface area contributed by atoms with Crippen molar-refractivity contribution >= 4 is 58.2 Å². The molecule has 2 aromatic rings. The van der Waals surface area contributed by atoms with Crippen molar-refractivity contribution < 1.29 is 9.59 Å². The summed E-state index contributed by atoms with van der Waals surface area (Å²) in [6.45, 7) is 4.32. The number of hydrogen-bond acceptors (Lipinski definition) is 2. The lowest BCUT2D eigenvalue weighted by atomic mass is 10.1. The lowest BCUT2D eigenvalue weighted by Crippen LogP contribution is -2.48. The Morgan fingerprint density at radius 1 is 1.03 bits per heavy atom. The van der Waals surface area contributed by atoms with Gasteiger partial charge in [0.1, 0.15) is 6.04 Å². The molecule has 0 aliphatic heterocycles. The molecule has 2 amide bonds. The minimum Gasteiger partial charge on any atom is -0.354 e. The number of nitrogens with one attached hydrogen (secondary N) is 1. The number of hydrogen-bond donors (Lipinski definition) is 1. The van der Waals surface area contributed by atoms with Gasteiger partial charge in [0.05, 0.1) is 6.42 Å². The van der Waals surface area contributed by atoms with Crippen molar-refractivity contribution in [1.29, 1.82) is 0 Å². The average molecular weight is 476 g/mol. The van der Waals surface area contributed by atoms with Crippen molar-refractivity contribution in [2.75, 3.05) is 6.54 Å². The third-order valence-electron chi connectivity index (χ3n) is 4.46. The average Bonchev–Trinajstić information content (AvgIpc) is 2.67. The van der Waals surface area contributed by atoms with Gasteiger partial charge in [-0.2, -0.15) is 0 Å². The molecular formula is C21H22Cl4N2O2. The van der Waals surface area contributed by atoms with E-state index in [-0.39, 0.29) is 24.8 Å². The third kappa shape index (κ3) is 6.51. The smallest absolute Gasteiger partial charge is 0.242 e. The zero-order valence-corrected chi connectivity index (χ0v) is 19.2. The summed E-state index contributed by atoms with van der Waals surface area (Å²) in [6, 6.07) is 9.39. The molecule has 1 atom stereocenters. The van der Waals surface area contributed by atoms with Crippen molar-refractivity contribution in [1.82, 2.24) is 10.2 Å². The molecule has 0 aromatic heterocycles. The van der Waals surface area contributed by atoms with E-state index in [0.717, 1.165) is 6.42 Å². The highest BCUT2D eigenvalue weighted by Crippen LogP contribution is 2.27. The molecule has 0 aliphatic rings. The zero-order chi connectivity index (χ0) is 21.6. The molecule has 2 aromatic carbocycles. The van der Waals surface area contributed by atoms with Crippen LogP contribution in [0.2, 0.25) is 20.1 Å². The summed E-state index contributed by atoms with van der Waals surface area (Å²) in [6.07, 6.45) is 0.764. The first-order valence-electron chi connectivity index (χ1n) is 9.18. The van der Waals surface area contributed by atoms with E-state index in [4.69, 9.17) is 46.4 Å². The Hall–Kier alpha value is -1.46. The fourth-order valence-corrected chi connectivity index (χ4v) is 3.77. The first kappa shape index (κ1) is 23.8. The molecule has 0 spiro atoms. The van der Waals surface area contributed by atoms with E-state index < -0.39 is 6.04 Å². The Balaban J connectivity index is 2.32. The molecule has 29 heavy (non-hydrogen) atoms. The molecule has 2 rings (SSSR count). The van der Waals surface area contributed by atoms with E-state index in [9.17, 15) is 9.59 Å². The summed E-state index contributed by atoms with van der Waals surface area (Å²) in [5.41, 5.74) is 1.21. The minimum absolute atomic E-state index is 0.0326. The molecule has 8 heteroatoms. The van der Waals surface area contributed by atoms with Gasteiger partial charge in [-0.05, 0) is 48.7 Å². The number of carbonyl (C=O) groups excluding carboxylic acids is 2.